The summed E-state index contributed by atoms with van der Waals surface area (Å²) in [6, 6.07) is 2.50. The van der Waals surface area contributed by atoms with Crippen LogP contribution in [0, 0.1) is 0 Å². The summed E-state index contributed by atoms with van der Waals surface area (Å²) in [7, 11) is 2.19. The van der Waals surface area contributed by atoms with Crippen molar-refractivity contribution in [2.24, 2.45) is 0 Å². The van der Waals surface area contributed by atoms with Crippen molar-refractivity contribution in [1.82, 2.24) is 19.8 Å². The molecule has 6 heteroatoms. The van der Waals surface area contributed by atoms with E-state index in [9.17, 15) is 4.79 Å². The lowest BCUT2D eigenvalue weighted by Crippen LogP contribution is -2.49. The van der Waals surface area contributed by atoms with E-state index in [-0.39, 0.29) is 5.91 Å². The first-order valence-corrected chi connectivity index (χ1v) is 9.74. The fourth-order valence-electron chi connectivity index (χ4n) is 3.92. The van der Waals surface area contributed by atoms with Crippen LogP contribution in [0.1, 0.15) is 44.9 Å². The standard InChI is InChI=1S/C19H31N5O/c1-22(17-7-4-2-3-5-8-17)12-9-18(25)23-13-15-24(16-14-23)19-20-10-6-11-21-19/h6,10-11,17H,2-5,7-9,12-16H2,1H3. The van der Waals surface area contributed by atoms with Crippen LogP contribution in [0.15, 0.2) is 18.5 Å². The van der Waals surface area contributed by atoms with Crippen molar-refractivity contribution >= 4 is 11.9 Å². The Kier molecular flexibility index (Phi) is 6.62. The van der Waals surface area contributed by atoms with Gasteiger partial charge in [0.2, 0.25) is 11.9 Å². The molecule has 1 aliphatic heterocycles. The predicted molar refractivity (Wildman–Crippen MR) is 99.6 cm³/mol. The molecule has 138 valence electrons. The summed E-state index contributed by atoms with van der Waals surface area (Å²) >= 11 is 0. The van der Waals surface area contributed by atoms with Crippen LogP contribution >= 0.6 is 0 Å². The number of hydrogen-bond acceptors (Lipinski definition) is 5. The molecule has 1 aliphatic carbocycles. The third-order valence-corrected chi connectivity index (χ3v) is 5.59. The van der Waals surface area contributed by atoms with Crippen molar-refractivity contribution in [3.8, 4) is 0 Å². The molecule has 0 atom stereocenters. The molecule has 1 aromatic heterocycles. The van der Waals surface area contributed by atoms with Crippen LogP contribution in [0.4, 0.5) is 5.95 Å². The molecule has 0 aromatic carbocycles. The van der Waals surface area contributed by atoms with Gasteiger partial charge in [0, 0.05) is 57.6 Å². The smallest absolute Gasteiger partial charge is 0.225 e. The second-order valence-electron chi connectivity index (χ2n) is 7.29. The average Bonchev–Trinajstić information content (AvgIpc) is 2.96. The number of piperazine rings is 1. The molecule has 1 saturated carbocycles. The van der Waals surface area contributed by atoms with Crippen molar-refractivity contribution < 1.29 is 4.79 Å². The van der Waals surface area contributed by atoms with Crippen molar-refractivity contribution in [2.45, 2.75) is 51.0 Å². The van der Waals surface area contributed by atoms with E-state index >= 15 is 0 Å². The molecule has 0 unspecified atom stereocenters. The highest BCUT2D eigenvalue weighted by Gasteiger charge is 2.23. The number of aromatic nitrogens is 2. The van der Waals surface area contributed by atoms with Gasteiger partial charge in [-0.2, -0.15) is 0 Å². The zero-order chi connectivity index (χ0) is 17.5. The Morgan fingerprint density at radius 1 is 1.08 bits per heavy atom. The van der Waals surface area contributed by atoms with Gasteiger partial charge < -0.3 is 14.7 Å². The van der Waals surface area contributed by atoms with Crippen LogP contribution < -0.4 is 4.90 Å². The largest absolute Gasteiger partial charge is 0.339 e. The molecule has 1 aromatic rings. The molecule has 1 saturated heterocycles. The maximum Gasteiger partial charge on any atom is 0.225 e. The Balaban J connectivity index is 1.40. The topological polar surface area (TPSA) is 52.6 Å². The van der Waals surface area contributed by atoms with Gasteiger partial charge in [-0.3, -0.25) is 4.79 Å². The minimum atomic E-state index is 0.286. The molecule has 0 radical (unpaired) electrons. The van der Waals surface area contributed by atoms with Crippen molar-refractivity contribution in [1.29, 1.82) is 0 Å². The first-order chi connectivity index (χ1) is 12.2. The minimum absolute atomic E-state index is 0.286. The van der Waals surface area contributed by atoms with Gasteiger partial charge in [0.25, 0.3) is 0 Å². The van der Waals surface area contributed by atoms with Crippen molar-refractivity contribution in [2.75, 3.05) is 44.7 Å². The fraction of sp³-hybridized carbons (Fsp3) is 0.737. The van der Waals surface area contributed by atoms with E-state index in [1.165, 1.54) is 38.5 Å². The van der Waals surface area contributed by atoms with Crippen LogP contribution in [0.3, 0.4) is 0 Å². The summed E-state index contributed by atoms with van der Waals surface area (Å²) in [5, 5.41) is 0. The van der Waals surface area contributed by atoms with Crippen LogP contribution in [0.5, 0.6) is 0 Å². The number of carbonyl (C=O) groups is 1. The van der Waals surface area contributed by atoms with Gasteiger partial charge in [-0.1, -0.05) is 25.7 Å². The maximum atomic E-state index is 12.5. The molecular weight excluding hydrogens is 314 g/mol. The molecular formula is C19H31N5O. The zero-order valence-electron chi connectivity index (χ0n) is 15.4. The molecule has 2 heterocycles. The summed E-state index contributed by atoms with van der Waals surface area (Å²) in [6.07, 6.45) is 12.2. The van der Waals surface area contributed by atoms with E-state index in [0.29, 0.717) is 12.5 Å². The highest BCUT2D eigenvalue weighted by atomic mass is 16.2. The van der Waals surface area contributed by atoms with Gasteiger partial charge in [0.05, 0.1) is 0 Å². The highest BCUT2D eigenvalue weighted by Crippen LogP contribution is 2.21. The Bertz CT molecular complexity index is 522. The summed E-state index contributed by atoms with van der Waals surface area (Å²) in [5.41, 5.74) is 0. The number of carbonyl (C=O) groups excluding carboxylic acids is 1. The lowest BCUT2D eigenvalue weighted by molar-refractivity contribution is -0.131. The Morgan fingerprint density at radius 3 is 2.36 bits per heavy atom. The van der Waals surface area contributed by atoms with E-state index in [1.807, 2.05) is 11.0 Å². The van der Waals surface area contributed by atoms with Gasteiger partial charge >= 0.3 is 0 Å². The lowest BCUT2D eigenvalue weighted by Gasteiger charge is -2.35. The highest BCUT2D eigenvalue weighted by molar-refractivity contribution is 5.76. The number of nitrogens with zero attached hydrogens (tertiary/aromatic N) is 5. The molecule has 25 heavy (non-hydrogen) atoms. The minimum Gasteiger partial charge on any atom is -0.339 e. The van der Waals surface area contributed by atoms with Crippen LogP contribution in [0.25, 0.3) is 0 Å². The second kappa shape index (κ2) is 9.13. The Labute approximate surface area is 151 Å². The summed E-state index contributed by atoms with van der Waals surface area (Å²) < 4.78 is 0. The van der Waals surface area contributed by atoms with Crippen molar-refractivity contribution in [3.05, 3.63) is 18.5 Å². The Morgan fingerprint density at radius 2 is 1.72 bits per heavy atom. The Hall–Kier alpha value is -1.69. The van der Waals surface area contributed by atoms with Gasteiger partial charge in [-0.05, 0) is 26.0 Å². The summed E-state index contributed by atoms with van der Waals surface area (Å²) in [5.74, 6) is 1.05. The first-order valence-electron chi connectivity index (χ1n) is 9.74. The van der Waals surface area contributed by atoms with E-state index in [1.54, 1.807) is 12.4 Å². The van der Waals surface area contributed by atoms with Gasteiger partial charge in [0.1, 0.15) is 0 Å². The van der Waals surface area contributed by atoms with Gasteiger partial charge in [-0.25, -0.2) is 9.97 Å². The maximum absolute atomic E-state index is 12.5. The monoisotopic (exact) mass is 345 g/mol. The average molecular weight is 345 g/mol. The molecule has 2 fully saturated rings. The van der Waals surface area contributed by atoms with Crippen molar-refractivity contribution in [3.63, 3.8) is 0 Å². The van der Waals surface area contributed by atoms with Crippen LogP contribution in [0.2, 0.25) is 0 Å². The quantitative estimate of drug-likeness (QED) is 0.766. The fourth-order valence-corrected chi connectivity index (χ4v) is 3.92. The van der Waals surface area contributed by atoms with Crippen LogP contribution in [-0.2, 0) is 4.79 Å². The van der Waals surface area contributed by atoms with Gasteiger partial charge in [-0.15, -0.1) is 0 Å². The molecule has 6 nitrogen and oxygen atoms in total. The molecule has 0 spiro atoms. The van der Waals surface area contributed by atoms with Gasteiger partial charge in [0.15, 0.2) is 0 Å². The molecule has 3 rings (SSSR count). The molecule has 1 amide bonds. The van der Waals surface area contributed by atoms with Crippen LogP contribution in [-0.4, -0.2) is 71.5 Å². The predicted octanol–water partition coefficient (Wildman–Crippen LogP) is 2.17. The molecule has 2 aliphatic rings. The second-order valence-corrected chi connectivity index (χ2v) is 7.29. The number of rotatable bonds is 5. The normalized spacial score (nSPS) is 19.9. The molecule has 0 bridgehead atoms. The van der Waals surface area contributed by atoms with E-state index in [2.05, 4.69) is 26.8 Å². The lowest BCUT2D eigenvalue weighted by atomic mass is 10.1. The number of hydrogen-bond donors (Lipinski definition) is 0. The third kappa shape index (κ3) is 5.14. The first kappa shape index (κ1) is 18.1. The number of amides is 1. The zero-order valence-corrected chi connectivity index (χ0v) is 15.4. The SMILES string of the molecule is CN(CCC(=O)N1CCN(c2ncccn2)CC1)C1CCCCCC1. The van der Waals surface area contributed by atoms with E-state index in [4.69, 9.17) is 0 Å². The summed E-state index contributed by atoms with van der Waals surface area (Å²) in [6.45, 7) is 4.04. The van der Waals surface area contributed by atoms with E-state index < -0.39 is 0 Å². The van der Waals surface area contributed by atoms with E-state index in [0.717, 1.165) is 38.7 Å². The molecule has 0 N–H and O–H groups in total. The number of anilines is 1. The summed E-state index contributed by atoms with van der Waals surface area (Å²) in [4.78, 5) is 27.7. The third-order valence-electron chi connectivity index (χ3n) is 5.59.